The van der Waals surface area contributed by atoms with Crippen molar-refractivity contribution in [3.8, 4) is 5.95 Å². The zero-order valence-corrected chi connectivity index (χ0v) is 11.5. The Morgan fingerprint density at radius 2 is 2.25 bits per heavy atom. The van der Waals surface area contributed by atoms with Crippen molar-refractivity contribution < 1.29 is 4.74 Å². The Hall–Kier alpha value is -1.80. The molecular weight excluding hydrogens is 282 g/mol. The van der Waals surface area contributed by atoms with Crippen LogP contribution in [0.1, 0.15) is 12.8 Å². The molecule has 0 saturated heterocycles. The normalized spacial score (nSPS) is 14.4. The van der Waals surface area contributed by atoms with Gasteiger partial charge in [-0.05, 0) is 30.4 Å². The van der Waals surface area contributed by atoms with E-state index < -0.39 is 0 Å². The highest BCUT2D eigenvalue weighted by atomic mass is 35.5. The number of hydrogen-bond acceptors (Lipinski definition) is 7. The summed E-state index contributed by atoms with van der Waals surface area (Å²) < 4.78 is 6.94. The van der Waals surface area contributed by atoms with E-state index in [9.17, 15) is 0 Å². The first kappa shape index (κ1) is 13.2. The highest BCUT2D eigenvalue weighted by molar-refractivity contribution is 6.28. The second-order valence-corrected chi connectivity index (χ2v) is 4.85. The van der Waals surface area contributed by atoms with Gasteiger partial charge in [0.05, 0.1) is 6.61 Å². The van der Waals surface area contributed by atoms with Crippen LogP contribution < -0.4 is 5.32 Å². The van der Waals surface area contributed by atoms with Crippen LogP contribution >= 0.6 is 11.6 Å². The van der Waals surface area contributed by atoms with Crippen LogP contribution in [-0.4, -0.2) is 49.5 Å². The molecule has 20 heavy (non-hydrogen) atoms. The van der Waals surface area contributed by atoms with Gasteiger partial charge in [-0.25, -0.2) is 4.98 Å². The quantitative estimate of drug-likeness (QED) is 0.760. The summed E-state index contributed by atoms with van der Waals surface area (Å²) in [5.41, 5.74) is 0. The van der Waals surface area contributed by atoms with Gasteiger partial charge in [0.15, 0.2) is 0 Å². The number of rotatable bonds is 7. The zero-order chi connectivity index (χ0) is 13.8. The molecule has 1 N–H and O–H groups in total. The summed E-state index contributed by atoms with van der Waals surface area (Å²) in [5, 5.41) is 7.10. The molecule has 0 spiro atoms. The summed E-state index contributed by atoms with van der Waals surface area (Å²) in [7, 11) is 0. The van der Waals surface area contributed by atoms with Gasteiger partial charge in [-0.3, -0.25) is 0 Å². The van der Waals surface area contributed by atoms with Gasteiger partial charge in [0.25, 0.3) is 5.95 Å². The smallest absolute Gasteiger partial charge is 0.258 e. The van der Waals surface area contributed by atoms with Crippen molar-refractivity contribution in [1.29, 1.82) is 0 Å². The lowest BCUT2D eigenvalue weighted by Gasteiger charge is -2.07. The van der Waals surface area contributed by atoms with Crippen molar-refractivity contribution in [2.24, 2.45) is 5.92 Å². The molecule has 0 atom stereocenters. The van der Waals surface area contributed by atoms with E-state index in [1.807, 2.05) is 0 Å². The number of aromatic nitrogens is 6. The summed E-state index contributed by atoms with van der Waals surface area (Å²) in [4.78, 5) is 16.0. The molecular formula is C11H14ClN7O. The van der Waals surface area contributed by atoms with Crippen LogP contribution in [0.2, 0.25) is 5.28 Å². The first-order valence-electron chi connectivity index (χ1n) is 6.39. The fourth-order valence-corrected chi connectivity index (χ4v) is 1.76. The van der Waals surface area contributed by atoms with Crippen LogP contribution in [0.3, 0.4) is 0 Å². The largest absolute Gasteiger partial charge is 0.379 e. The Kier molecular flexibility index (Phi) is 4.03. The molecule has 0 aliphatic heterocycles. The lowest BCUT2D eigenvalue weighted by atomic mass is 10.5. The molecule has 9 heteroatoms. The van der Waals surface area contributed by atoms with E-state index in [0.717, 1.165) is 12.5 Å². The number of nitrogens with zero attached hydrogens (tertiary/aromatic N) is 6. The van der Waals surface area contributed by atoms with E-state index in [1.165, 1.54) is 30.2 Å². The third-order valence-electron chi connectivity index (χ3n) is 2.80. The van der Waals surface area contributed by atoms with Crippen molar-refractivity contribution in [2.45, 2.75) is 12.8 Å². The van der Waals surface area contributed by atoms with Crippen LogP contribution in [0, 0.1) is 5.92 Å². The molecule has 1 aliphatic rings. The average molecular weight is 296 g/mol. The first-order valence-corrected chi connectivity index (χ1v) is 6.77. The predicted octanol–water partition coefficient (Wildman–Crippen LogP) is 0.944. The molecule has 1 saturated carbocycles. The fraction of sp³-hybridized carbons (Fsp3) is 0.545. The Morgan fingerprint density at radius 3 is 3.00 bits per heavy atom. The third-order valence-corrected chi connectivity index (χ3v) is 2.97. The number of ether oxygens (including phenoxy) is 1. The van der Waals surface area contributed by atoms with Gasteiger partial charge >= 0.3 is 0 Å². The number of nitrogens with one attached hydrogen (secondary N) is 1. The molecule has 0 aromatic carbocycles. The Labute approximate surface area is 120 Å². The standard InChI is InChI=1S/C11H14ClN7O/c12-9-16-10(14-3-4-20-5-8-1-2-8)18-11(17-9)19-7-13-6-15-19/h6-8H,1-5H2,(H,14,16,17,18). The van der Waals surface area contributed by atoms with E-state index in [1.54, 1.807) is 0 Å². The first-order chi connectivity index (χ1) is 9.81. The van der Waals surface area contributed by atoms with E-state index in [0.29, 0.717) is 25.0 Å². The van der Waals surface area contributed by atoms with Gasteiger partial charge in [0, 0.05) is 13.2 Å². The zero-order valence-electron chi connectivity index (χ0n) is 10.7. The predicted molar refractivity (Wildman–Crippen MR) is 71.8 cm³/mol. The molecule has 2 heterocycles. The van der Waals surface area contributed by atoms with Crippen molar-refractivity contribution in [3.05, 3.63) is 17.9 Å². The summed E-state index contributed by atoms with van der Waals surface area (Å²) in [5.74, 6) is 1.48. The van der Waals surface area contributed by atoms with Crippen molar-refractivity contribution in [2.75, 3.05) is 25.1 Å². The van der Waals surface area contributed by atoms with Gasteiger partial charge in [0.1, 0.15) is 12.7 Å². The molecule has 2 aromatic rings. The number of anilines is 1. The molecule has 2 aromatic heterocycles. The second-order valence-electron chi connectivity index (χ2n) is 4.51. The van der Waals surface area contributed by atoms with Crippen molar-refractivity contribution in [1.82, 2.24) is 29.7 Å². The molecule has 0 bridgehead atoms. The molecule has 1 aliphatic carbocycles. The minimum Gasteiger partial charge on any atom is -0.379 e. The van der Waals surface area contributed by atoms with Gasteiger partial charge < -0.3 is 10.1 Å². The fourth-order valence-electron chi connectivity index (χ4n) is 1.60. The summed E-state index contributed by atoms with van der Waals surface area (Å²) in [6.45, 7) is 2.06. The van der Waals surface area contributed by atoms with Gasteiger partial charge in [-0.2, -0.15) is 24.7 Å². The monoisotopic (exact) mass is 295 g/mol. The van der Waals surface area contributed by atoms with Crippen LogP contribution in [0.15, 0.2) is 12.7 Å². The van der Waals surface area contributed by atoms with Crippen LogP contribution in [-0.2, 0) is 4.74 Å². The number of halogens is 1. The summed E-state index contributed by atoms with van der Waals surface area (Å²) in [6, 6.07) is 0. The second kappa shape index (κ2) is 6.10. The van der Waals surface area contributed by atoms with Gasteiger partial charge in [-0.15, -0.1) is 0 Å². The van der Waals surface area contributed by atoms with E-state index in [2.05, 4.69) is 30.4 Å². The van der Waals surface area contributed by atoms with Gasteiger partial charge in [-0.1, -0.05) is 0 Å². The Balaban J connectivity index is 1.55. The molecule has 0 radical (unpaired) electrons. The Morgan fingerprint density at radius 1 is 1.35 bits per heavy atom. The lowest BCUT2D eigenvalue weighted by Crippen LogP contribution is -2.14. The minimum atomic E-state index is 0.104. The van der Waals surface area contributed by atoms with Crippen LogP contribution in [0.4, 0.5) is 5.95 Å². The van der Waals surface area contributed by atoms with Crippen LogP contribution in [0.5, 0.6) is 0 Å². The topological polar surface area (TPSA) is 90.6 Å². The highest BCUT2D eigenvalue weighted by Crippen LogP contribution is 2.28. The summed E-state index contributed by atoms with van der Waals surface area (Å²) in [6.07, 6.45) is 5.47. The summed E-state index contributed by atoms with van der Waals surface area (Å²) >= 11 is 5.86. The molecule has 0 amide bonds. The van der Waals surface area contributed by atoms with E-state index in [-0.39, 0.29) is 5.28 Å². The molecule has 106 valence electrons. The minimum absolute atomic E-state index is 0.104. The highest BCUT2D eigenvalue weighted by Gasteiger charge is 2.20. The SMILES string of the molecule is Clc1nc(NCCOCC2CC2)nc(-n2cncn2)n1. The Bertz CT molecular complexity index is 558. The van der Waals surface area contributed by atoms with Crippen molar-refractivity contribution >= 4 is 17.5 Å². The molecule has 3 rings (SSSR count). The maximum absolute atomic E-state index is 5.86. The third kappa shape index (κ3) is 3.61. The average Bonchev–Trinajstić information content (AvgIpc) is 3.09. The van der Waals surface area contributed by atoms with Crippen molar-refractivity contribution in [3.63, 3.8) is 0 Å². The maximum Gasteiger partial charge on any atom is 0.258 e. The molecule has 1 fully saturated rings. The lowest BCUT2D eigenvalue weighted by molar-refractivity contribution is 0.133. The number of hydrogen-bond donors (Lipinski definition) is 1. The molecule has 8 nitrogen and oxygen atoms in total. The van der Waals surface area contributed by atoms with Crippen LogP contribution in [0.25, 0.3) is 5.95 Å². The van der Waals surface area contributed by atoms with E-state index >= 15 is 0 Å². The van der Waals surface area contributed by atoms with E-state index in [4.69, 9.17) is 16.3 Å². The van der Waals surface area contributed by atoms with Gasteiger partial charge in [0.2, 0.25) is 11.2 Å². The maximum atomic E-state index is 5.86. The molecule has 0 unspecified atom stereocenters.